The van der Waals surface area contributed by atoms with Crippen LogP contribution >= 0.6 is 11.6 Å². The number of amides is 1. The number of rotatable bonds is 5. The summed E-state index contributed by atoms with van der Waals surface area (Å²) in [5.41, 5.74) is 8.76. The van der Waals surface area contributed by atoms with Crippen LogP contribution in [0.3, 0.4) is 0 Å². The van der Waals surface area contributed by atoms with Crippen molar-refractivity contribution in [3.63, 3.8) is 0 Å². The lowest BCUT2D eigenvalue weighted by molar-refractivity contribution is 0.0880. The van der Waals surface area contributed by atoms with Gasteiger partial charge in [0.05, 0.1) is 13.3 Å². The Labute approximate surface area is 176 Å². The molecule has 4 rings (SSSR count). The lowest BCUT2D eigenvalue weighted by Gasteiger charge is -2.35. The summed E-state index contributed by atoms with van der Waals surface area (Å²) in [7, 11) is 1.68. The number of halogens is 1. The number of hydrogen-bond donors (Lipinski definition) is 3. The maximum atomic E-state index is 12.4. The lowest BCUT2D eigenvalue weighted by atomic mass is 10.0. The Kier molecular flexibility index (Phi) is 6.35. The summed E-state index contributed by atoms with van der Waals surface area (Å²) in [5.74, 6) is 0.847. The SMILES string of the molecule is COc1ccc(C2CC(N3CCC(NC(=O)c4ccc(Cl)cc4)CC3)NN2)cc1. The van der Waals surface area contributed by atoms with Crippen molar-refractivity contribution in [3.8, 4) is 5.75 Å². The van der Waals surface area contributed by atoms with Crippen LogP contribution in [0.15, 0.2) is 48.5 Å². The first-order chi connectivity index (χ1) is 14.1. The van der Waals surface area contributed by atoms with Crippen LogP contribution in [0.5, 0.6) is 5.75 Å². The highest BCUT2D eigenvalue weighted by Crippen LogP contribution is 2.27. The predicted octanol–water partition coefficient (Wildman–Crippen LogP) is 3.11. The zero-order chi connectivity index (χ0) is 20.2. The number of benzene rings is 2. The van der Waals surface area contributed by atoms with Gasteiger partial charge in [0.1, 0.15) is 5.75 Å². The smallest absolute Gasteiger partial charge is 0.251 e. The van der Waals surface area contributed by atoms with Crippen molar-refractivity contribution in [2.45, 2.75) is 37.5 Å². The van der Waals surface area contributed by atoms with Crippen molar-refractivity contribution in [2.75, 3.05) is 20.2 Å². The number of nitrogens with one attached hydrogen (secondary N) is 3. The average molecular weight is 415 g/mol. The van der Waals surface area contributed by atoms with E-state index < -0.39 is 0 Å². The molecule has 2 atom stereocenters. The third-order valence-corrected chi connectivity index (χ3v) is 6.07. The third-order valence-electron chi connectivity index (χ3n) is 5.81. The average Bonchev–Trinajstić information content (AvgIpc) is 3.25. The summed E-state index contributed by atoms with van der Waals surface area (Å²) in [5, 5.41) is 3.79. The van der Waals surface area contributed by atoms with Crippen molar-refractivity contribution in [2.24, 2.45) is 0 Å². The predicted molar refractivity (Wildman–Crippen MR) is 114 cm³/mol. The van der Waals surface area contributed by atoms with E-state index in [9.17, 15) is 4.79 Å². The van der Waals surface area contributed by atoms with Gasteiger partial charge in [0, 0.05) is 35.8 Å². The van der Waals surface area contributed by atoms with Crippen LogP contribution in [-0.2, 0) is 0 Å². The fourth-order valence-corrected chi connectivity index (χ4v) is 4.19. The molecule has 0 aromatic heterocycles. The van der Waals surface area contributed by atoms with Gasteiger partial charge in [-0.2, -0.15) is 0 Å². The maximum Gasteiger partial charge on any atom is 0.251 e. The normalized spacial score (nSPS) is 23.1. The molecule has 3 N–H and O–H groups in total. The van der Waals surface area contributed by atoms with Gasteiger partial charge >= 0.3 is 0 Å². The highest BCUT2D eigenvalue weighted by atomic mass is 35.5. The van der Waals surface area contributed by atoms with Crippen LogP contribution in [0, 0.1) is 0 Å². The molecule has 0 spiro atoms. The standard InChI is InChI=1S/C22H27ClN4O2/c1-29-19-8-4-15(5-9-19)20-14-21(26-25-20)27-12-10-18(11-13-27)24-22(28)16-2-6-17(23)7-3-16/h2-9,18,20-21,25-26H,10-14H2,1H3,(H,24,28). The Balaban J connectivity index is 1.25. The van der Waals surface area contributed by atoms with E-state index in [4.69, 9.17) is 16.3 Å². The maximum absolute atomic E-state index is 12.4. The largest absolute Gasteiger partial charge is 0.497 e. The molecule has 2 heterocycles. The molecule has 0 aliphatic carbocycles. The number of carbonyl (C=O) groups is 1. The van der Waals surface area contributed by atoms with Crippen LogP contribution in [-0.4, -0.2) is 43.2 Å². The summed E-state index contributed by atoms with van der Waals surface area (Å²) in [6.45, 7) is 1.92. The van der Waals surface area contributed by atoms with Gasteiger partial charge in [-0.05, 0) is 61.2 Å². The van der Waals surface area contributed by atoms with Crippen LogP contribution in [0.1, 0.15) is 41.2 Å². The van der Waals surface area contributed by atoms with Crippen LogP contribution < -0.4 is 20.9 Å². The molecule has 2 fully saturated rings. The summed E-state index contributed by atoms with van der Waals surface area (Å²) < 4.78 is 5.24. The van der Waals surface area contributed by atoms with Gasteiger partial charge in [-0.3, -0.25) is 9.69 Å². The van der Waals surface area contributed by atoms with Crippen molar-refractivity contribution in [3.05, 3.63) is 64.7 Å². The minimum atomic E-state index is -0.0275. The number of ether oxygens (including phenoxy) is 1. The fraction of sp³-hybridized carbons (Fsp3) is 0.409. The monoisotopic (exact) mass is 414 g/mol. The molecule has 1 amide bonds. The molecule has 29 heavy (non-hydrogen) atoms. The Bertz CT molecular complexity index is 820. The molecule has 0 saturated carbocycles. The zero-order valence-electron chi connectivity index (χ0n) is 16.5. The Morgan fingerprint density at radius 3 is 2.41 bits per heavy atom. The van der Waals surface area contributed by atoms with Crippen molar-refractivity contribution in [1.29, 1.82) is 0 Å². The van der Waals surface area contributed by atoms with E-state index in [2.05, 4.69) is 33.2 Å². The van der Waals surface area contributed by atoms with Gasteiger partial charge in [-0.15, -0.1) is 0 Å². The molecule has 2 aromatic rings. The highest BCUT2D eigenvalue weighted by molar-refractivity contribution is 6.30. The molecule has 6 nitrogen and oxygen atoms in total. The van der Waals surface area contributed by atoms with Crippen LogP contribution in [0.4, 0.5) is 0 Å². The molecule has 2 aliphatic heterocycles. The number of nitrogens with zero attached hydrogens (tertiary/aromatic N) is 1. The number of piperidine rings is 1. The van der Waals surface area contributed by atoms with Gasteiger partial charge < -0.3 is 10.1 Å². The first-order valence-electron chi connectivity index (χ1n) is 10.1. The lowest BCUT2D eigenvalue weighted by Crippen LogP contribution is -2.51. The number of methoxy groups -OCH3 is 1. The molecule has 2 saturated heterocycles. The number of hydrazine groups is 1. The van der Waals surface area contributed by atoms with Gasteiger partial charge in [0.15, 0.2) is 0 Å². The van der Waals surface area contributed by atoms with E-state index in [1.165, 1.54) is 5.56 Å². The van der Waals surface area contributed by atoms with E-state index in [0.717, 1.165) is 38.1 Å². The second-order valence-electron chi connectivity index (χ2n) is 7.66. The quantitative estimate of drug-likeness (QED) is 0.701. The van der Waals surface area contributed by atoms with Crippen LogP contribution in [0.25, 0.3) is 0 Å². The second-order valence-corrected chi connectivity index (χ2v) is 8.09. The third kappa shape index (κ3) is 4.90. The molecule has 154 valence electrons. The molecule has 2 aromatic carbocycles. The van der Waals surface area contributed by atoms with E-state index in [0.29, 0.717) is 16.8 Å². The van der Waals surface area contributed by atoms with Gasteiger partial charge in [0.25, 0.3) is 5.91 Å². The van der Waals surface area contributed by atoms with Gasteiger partial charge in [-0.1, -0.05) is 23.7 Å². The summed E-state index contributed by atoms with van der Waals surface area (Å²) in [6.07, 6.45) is 3.21. The van der Waals surface area contributed by atoms with E-state index in [1.807, 2.05) is 12.1 Å². The number of carbonyl (C=O) groups excluding carboxylic acids is 1. The molecule has 7 heteroatoms. The first-order valence-corrected chi connectivity index (χ1v) is 10.5. The van der Waals surface area contributed by atoms with Gasteiger partial charge in [0.2, 0.25) is 0 Å². The minimum absolute atomic E-state index is 0.0275. The van der Waals surface area contributed by atoms with E-state index in [-0.39, 0.29) is 18.0 Å². The van der Waals surface area contributed by atoms with Crippen molar-refractivity contribution in [1.82, 2.24) is 21.1 Å². The minimum Gasteiger partial charge on any atom is -0.497 e. The first kappa shape index (κ1) is 20.2. The molecule has 0 bridgehead atoms. The Morgan fingerprint density at radius 2 is 1.76 bits per heavy atom. The van der Waals surface area contributed by atoms with Gasteiger partial charge in [-0.25, -0.2) is 10.9 Å². The topological polar surface area (TPSA) is 65.6 Å². The Hall–Kier alpha value is -2.12. The molecular weight excluding hydrogens is 388 g/mol. The number of hydrogen-bond acceptors (Lipinski definition) is 5. The van der Waals surface area contributed by atoms with Crippen molar-refractivity contribution < 1.29 is 9.53 Å². The van der Waals surface area contributed by atoms with E-state index in [1.54, 1.807) is 31.4 Å². The van der Waals surface area contributed by atoms with E-state index >= 15 is 0 Å². The summed E-state index contributed by atoms with van der Waals surface area (Å²) in [6, 6.07) is 15.7. The fourth-order valence-electron chi connectivity index (χ4n) is 4.06. The molecule has 0 radical (unpaired) electrons. The molecule has 2 aliphatic rings. The summed E-state index contributed by atoms with van der Waals surface area (Å²) >= 11 is 5.90. The van der Waals surface area contributed by atoms with Crippen molar-refractivity contribution >= 4 is 17.5 Å². The van der Waals surface area contributed by atoms with Crippen LogP contribution in [0.2, 0.25) is 5.02 Å². The Morgan fingerprint density at radius 1 is 1.07 bits per heavy atom. The molecule has 2 unspecified atom stereocenters. The number of likely N-dealkylation sites (tertiary alicyclic amines) is 1. The summed E-state index contributed by atoms with van der Waals surface area (Å²) in [4.78, 5) is 14.9. The second kappa shape index (κ2) is 9.13. The highest BCUT2D eigenvalue weighted by Gasteiger charge is 2.32. The molecular formula is C22H27ClN4O2. The zero-order valence-corrected chi connectivity index (χ0v) is 17.3.